The quantitative estimate of drug-likeness (QED) is 0.672. The number of nitrogens with zero attached hydrogens (tertiary/aromatic N) is 1. The Morgan fingerprint density at radius 2 is 1.80 bits per heavy atom. The van der Waals surface area contributed by atoms with Crippen LogP contribution in [0.1, 0.15) is 26.7 Å². The van der Waals surface area contributed by atoms with Crippen molar-refractivity contribution in [1.29, 1.82) is 0 Å². The highest BCUT2D eigenvalue weighted by Crippen LogP contribution is 2.10. The number of aliphatic hydroxyl groups excluding tert-OH is 1. The summed E-state index contributed by atoms with van der Waals surface area (Å²) < 4.78 is 0. The first kappa shape index (κ1) is 13.9. The molecule has 2 N–H and O–H groups in total. The fourth-order valence-corrected chi connectivity index (χ4v) is 1.18. The van der Waals surface area contributed by atoms with Crippen molar-refractivity contribution in [3.05, 3.63) is 0 Å². The third-order valence-corrected chi connectivity index (χ3v) is 2.36. The highest BCUT2D eigenvalue weighted by Gasteiger charge is 2.18. The van der Waals surface area contributed by atoms with Gasteiger partial charge in [-0.05, 0) is 12.8 Å². The van der Waals surface area contributed by atoms with Crippen molar-refractivity contribution >= 4 is 11.9 Å². The van der Waals surface area contributed by atoms with Gasteiger partial charge >= 0.3 is 5.97 Å². The van der Waals surface area contributed by atoms with Gasteiger partial charge in [-0.25, -0.2) is 0 Å². The molecule has 2 unspecified atom stereocenters. The SMILES string of the molecule is CC(CC(=O)O)CC(=O)N(C)C(C)CO. The second-order valence-electron chi connectivity index (χ2n) is 3.94. The van der Waals surface area contributed by atoms with Crippen LogP contribution in [0.15, 0.2) is 0 Å². The lowest BCUT2D eigenvalue weighted by Gasteiger charge is -2.24. The maximum absolute atomic E-state index is 11.6. The van der Waals surface area contributed by atoms with Gasteiger partial charge in [0.2, 0.25) is 5.91 Å². The van der Waals surface area contributed by atoms with Crippen LogP contribution >= 0.6 is 0 Å². The number of hydrogen-bond donors (Lipinski definition) is 2. The minimum Gasteiger partial charge on any atom is -0.481 e. The van der Waals surface area contributed by atoms with Gasteiger partial charge in [0, 0.05) is 19.9 Å². The van der Waals surface area contributed by atoms with Gasteiger partial charge in [-0.15, -0.1) is 0 Å². The number of hydrogen-bond acceptors (Lipinski definition) is 3. The Kier molecular flexibility index (Phi) is 5.93. The van der Waals surface area contributed by atoms with E-state index in [1.54, 1.807) is 20.9 Å². The molecule has 88 valence electrons. The average Bonchev–Trinajstić information content (AvgIpc) is 2.13. The Morgan fingerprint density at radius 3 is 2.20 bits per heavy atom. The van der Waals surface area contributed by atoms with E-state index < -0.39 is 5.97 Å². The second-order valence-corrected chi connectivity index (χ2v) is 3.94. The molecule has 0 aromatic carbocycles. The van der Waals surface area contributed by atoms with Crippen LogP contribution < -0.4 is 0 Å². The van der Waals surface area contributed by atoms with E-state index in [9.17, 15) is 9.59 Å². The summed E-state index contributed by atoms with van der Waals surface area (Å²) in [6, 6.07) is -0.227. The Bertz CT molecular complexity index is 229. The number of aliphatic carboxylic acids is 1. The van der Waals surface area contributed by atoms with Crippen LogP contribution in [0.2, 0.25) is 0 Å². The summed E-state index contributed by atoms with van der Waals surface area (Å²) >= 11 is 0. The first-order valence-electron chi connectivity index (χ1n) is 4.96. The number of carboxylic acid groups (broad SMARTS) is 1. The van der Waals surface area contributed by atoms with Crippen molar-refractivity contribution in [2.24, 2.45) is 5.92 Å². The molecule has 0 bridgehead atoms. The Labute approximate surface area is 89.7 Å². The molecule has 0 rings (SSSR count). The lowest BCUT2D eigenvalue weighted by Crippen LogP contribution is -2.38. The second kappa shape index (κ2) is 6.40. The van der Waals surface area contributed by atoms with Crippen LogP contribution in [0.25, 0.3) is 0 Å². The molecule has 0 aromatic rings. The van der Waals surface area contributed by atoms with Crippen LogP contribution in [-0.2, 0) is 9.59 Å². The zero-order chi connectivity index (χ0) is 12.0. The third-order valence-electron chi connectivity index (χ3n) is 2.36. The fourth-order valence-electron chi connectivity index (χ4n) is 1.18. The van der Waals surface area contributed by atoms with E-state index in [2.05, 4.69) is 0 Å². The molecule has 0 aromatic heterocycles. The van der Waals surface area contributed by atoms with Gasteiger partial charge < -0.3 is 15.1 Å². The van der Waals surface area contributed by atoms with E-state index >= 15 is 0 Å². The molecule has 0 spiro atoms. The first-order valence-corrected chi connectivity index (χ1v) is 4.96. The van der Waals surface area contributed by atoms with E-state index in [0.717, 1.165) is 0 Å². The van der Waals surface area contributed by atoms with Crippen LogP contribution in [0.3, 0.4) is 0 Å². The maximum atomic E-state index is 11.6. The molecule has 2 atom stereocenters. The van der Waals surface area contributed by atoms with E-state index in [1.165, 1.54) is 4.90 Å². The zero-order valence-corrected chi connectivity index (χ0v) is 9.43. The number of amides is 1. The van der Waals surface area contributed by atoms with E-state index in [0.29, 0.717) is 0 Å². The Morgan fingerprint density at radius 1 is 1.27 bits per heavy atom. The average molecular weight is 217 g/mol. The molecule has 0 saturated heterocycles. The number of carbonyl (C=O) groups is 2. The van der Waals surface area contributed by atoms with E-state index in [4.69, 9.17) is 10.2 Å². The van der Waals surface area contributed by atoms with Gasteiger partial charge in [0.25, 0.3) is 0 Å². The molecular formula is C10H19NO4. The molecule has 0 fully saturated rings. The van der Waals surface area contributed by atoms with Gasteiger partial charge in [0.1, 0.15) is 0 Å². The minimum atomic E-state index is -0.895. The first-order chi connectivity index (χ1) is 6.88. The third kappa shape index (κ3) is 5.37. The Hall–Kier alpha value is -1.10. The van der Waals surface area contributed by atoms with Crippen LogP contribution in [0, 0.1) is 5.92 Å². The fraction of sp³-hybridized carbons (Fsp3) is 0.800. The molecule has 0 radical (unpaired) electrons. The standard InChI is InChI=1S/C10H19NO4/c1-7(5-10(14)15)4-9(13)11(3)8(2)6-12/h7-8,12H,4-6H2,1-3H3,(H,14,15). The summed E-state index contributed by atoms with van der Waals surface area (Å²) in [4.78, 5) is 23.4. The minimum absolute atomic E-state index is 0.00686. The van der Waals surface area contributed by atoms with Crippen molar-refractivity contribution in [3.63, 3.8) is 0 Å². The van der Waals surface area contributed by atoms with Crippen molar-refractivity contribution in [2.75, 3.05) is 13.7 Å². The molecule has 5 heteroatoms. The predicted molar refractivity (Wildman–Crippen MR) is 55.4 cm³/mol. The van der Waals surface area contributed by atoms with Gasteiger partial charge in [-0.3, -0.25) is 9.59 Å². The molecule has 5 nitrogen and oxygen atoms in total. The Balaban J connectivity index is 4.06. The lowest BCUT2D eigenvalue weighted by atomic mass is 10.0. The van der Waals surface area contributed by atoms with Gasteiger partial charge in [0.15, 0.2) is 0 Å². The summed E-state index contributed by atoms with van der Waals surface area (Å²) in [7, 11) is 1.61. The van der Waals surface area contributed by atoms with Crippen molar-refractivity contribution in [1.82, 2.24) is 4.90 Å². The lowest BCUT2D eigenvalue weighted by molar-refractivity contribution is -0.138. The van der Waals surface area contributed by atoms with E-state index in [-0.39, 0.29) is 37.3 Å². The topological polar surface area (TPSA) is 77.8 Å². The normalized spacial score (nSPS) is 14.4. The molecule has 0 heterocycles. The number of aliphatic hydroxyl groups is 1. The highest BCUT2D eigenvalue weighted by molar-refractivity contribution is 5.77. The molecule has 0 aliphatic rings. The monoisotopic (exact) mass is 217 g/mol. The summed E-state index contributed by atoms with van der Waals surface area (Å²) in [6.07, 6.45) is 0.195. The molecule has 0 aliphatic heterocycles. The number of carbonyl (C=O) groups excluding carboxylic acids is 1. The highest BCUT2D eigenvalue weighted by atomic mass is 16.4. The smallest absolute Gasteiger partial charge is 0.303 e. The molecule has 15 heavy (non-hydrogen) atoms. The molecule has 1 amide bonds. The summed E-state index contributed by atoms with van der Waals surface area (Å²) in [5.41, 5.74) is 0. The molecular weight excluding hydrogens is 198 g/mol. The number of likely N-dealkylation sites (N-methyl/N-ethyl adjacent to an activating group) is 1. The molecule has 0 saturated carbocycles. The van der Waals surface area contributed by atoms with Crippen molar-refractivity contribution in [2.45, 2.75) is 32.7 Å². The van der Waals surface area contributed by atoms with Crippen LogP contribution in [0.4, 0.5) is 0 Å². The van der Waals surface area contributed by atoms with Crippen LogP contribution in [0.5, 0.6) is 0 Å². The summed E-state index contributed by atoms with van der Waals surface area (Å²) in [5.74, 6) is -1.21. The predicted octanol–water partition coefficient (Wildman–Crippen LogP) is 0.327. The summed E-state index contributed by atoms with van der Waals surface area (Å²) in [5, 5.41) is 17.4. The summed E-state index contributed by atoms with van der Waals surface area (Å²) in [6.45, 7) is 3.37. The van der Waals surface area contributed by atoms with Crippen molar-refractivity contribution in [3.8, 4) is 0 Å². The number of rotatable bonds is 6. The number of carboxylic acids is 1. The maximum Gasteiger partial charge on any atom is 0.303 e. The van der Waals surface area contributed by atoms with Gasteiger partial charge in [-0.2, -0.15) is 0 Å². The largest absolute Gasteiger partial charge is 0.481 e. The van der Waals surface area contributed by atoms with Crippen LogP contribution in [-0.4, -0.2) is 46.7 Å². The zero-order valence-electron chi connectivity index (χ0n) is 9.43. The van der Waals surface area contributed by atoms with Gasteiger partial charge in [0.05, 0.1) is 12.6 Å². The van der Waals surface area contributed by atoms with E-state index in [1.807, 2.05) is 0 Å². The molecule has 0 aliphatic carbocycles. The van der Waals surface area contributed by atoms with Crippen molar-refractivity contribution < 1.29 is 19.8 Å². The van der Waals surface area contributed by atoms with Gasteiger partial charge in [-0.1, -0.05) is 6.92 Å².